The fourth-order valence-electron chi connectivity index (χ4n) is 1.45. The number of hydrogen-bond acceptors (Lipinski definition) is 6. The molecule has 0 saturated heterocycles. The summed E-state index contributed by atoms with van der Waals surface area (Å²) in [6.45, 7) is 5.56. The van der Waals surface area contributed by atoms with Gasteiger partial charge in [-0.25, -0.2) is 9.97 Å². The van der Waals surface area contributed by atoms with Crippen molar-refractivity contribution < 1.29 is 5.11 Å². The number of aliphatic hydroxyl groups excluding tert-OH is 1. The molecule has 18 heavy (non-hydrogen) atoms. The van der Waals surface area contributed by atoms with Crippen molar-refractivity contribution in [3.63, 3.8) is 0 Å². The molecule has 0 amide bonds. The quantitative estimate of drug-likeness (QED) is 0.497. The lowest BCUT2D eigenvalue weighted by Crippen LogP contribution is -2.13. The van der Waals surface area contributed by atoms with Crippen LogP contribution in [-0.2, 0) is 0 Å². The molecule has 5 nitrogen and oxygen atoms in total. The zero-order chi connectivity index (χ0) is 13.4. The van der Waals surface area contributed by atoms with E-state index < -0.39 is 0 Å². The number of nitrogens with zero attached hydrogens (tertiary/aromatic N) is 2. The lowest BCUT2D eigenvalue weighted by Gasteiger charge is -2.11. The van der Waals surface area contributed by atoms with E-state index in [4.69, 9.17) is 0 Å². The summed E-state index contributed by atoms with van der Waals surface area (Å²) in [5, 5.41) is 16.6. The monoisotopic (exact) mass is 270 g/mol. The second-order valence-corrected chi connectivity index (χ2v) is 4.71. The maximum absolute atomic E-state index is 9.49. The Morgan fingerprint density at radius 3 is 2.50 bits per heavy atom. The minimum Gasteiger partial charge on any atom is -0.393 e. The summed E-state index contributed by atoms with van der Waals surface area (Å²) in [6.07, 6.45) is 3.22. The van der Waals surface area contributed by atoms with Crippen LogP contribution in [0.2, 0.25) is 0 Å². The molecule has 3 N–H and O–H groups in total. The molecule has 0 saturated carbocycles. The van der Waals surface area contributed by atoms with Crippen molar-refractivity contribution in [1.29, 1.82) is 0 Å². The van der Waals surface area contributed by atoms with Gasteiger partial charge < -0.3 is 15.7 Å². The van der Waals surface area contributed by atoms with E-state index in [1.807, 2.05) is 26.2 Å². The number of nitrogens with one attached hydrogen (secondary N) is 2. The number of hydrogen-bond donors (Lipinski definition) is 3. The van der Waals surface area contributed by atoms with Crippen LogP contribution in [0.3, 0.4) is 0 Å². The third-order valence-corrected chi connectivity index (χ3v) is 3.05. The molecule has 1 unspecified atom stereocenters. The van der Waals surface area contributed by atoms with Crippen LogP contribution in [0.15, 0.2) is 11.2 Å². The number of rotatable bonds is 8. The summed E-state index contributed by atoms with van der Waals surface area (Å²) in [5.74, 6) is 1.63. The Labute approximate surface area is 113 Å². The fraction of sp³-hybridized carbons (Fsp3) is 0.667. The Bertz CT molecular complexity index is 362. The first kappa shape index (κ1) is 15.0. The average Bonchev–Trinajstić information content (AvgIpc) is 2.38. The standard InChI is InChI=1S/C12H22N4OS/c1-4-9(17)6-7-14-11-8-10(13-5-2)15-12(16-11)18-3/h8-9,17H,4-7H2,1-3H3,(H2,13,14,15,16). The van der Waals surface area contributed by atoms with Crippen LogP contribution in [0.5, 0.6) is 0 Å². The Hall–Kier alpha value is -1.01. The van der Waals surface area contributed by atoms with Crippen LogP contribution in [0, 0.1) is 0 Å². The third-order valence-electron chi connectivity index (χ3n) is 2.50. The summed E-state index contributed by atoms with van der Waals surface area (Å²) in [6, 6.07) is 1.89. The predicted molar refractivity (Wildman–Crippen MR) is 77.4 cm³/mol. The van der Waals surface area contributed by atoms with Gasteiger partial charge in [-0.3, -0.25) is 0 Å². The Morgan fingerprint density at radius 2 is 1.94 bits per heavy atom. The molecule has 0 fully saturated rings. The highest BCUT2D eigenvalue weighted by molar-refractivity contribution is 7.98. The van der Waals surface area contributed by atoms with Crippen LogP contribution in [0.25, 0.3) is 0 Å². The van der Waals surface area contributed by atoms with Crippen LogP contribution < -0.4 is 10.6 Å². The van der Waals surface area contributed by atoms with Gasteiger partial charge in [0.2, 0.25) is 0 Å². The zero-order valence-electron chi connectivity index (χ0n) is 11.2. The molecular weight excluding hydrogens is 248 g/mol. The van der Waals surface area contributed by atoms with E-state index in [2.05, 4.69) is 20.6 Å². The summed E-state index contributed by atoms with van der Waals surface area (Å²) < 4.78 is 0. The van der Waals surface area contributed by atoms with Gasteiger partial charge >= 0.3 is 0 Å². The van der Waals surface area contributed by atoms with Gasteiger partial charge in [-0.2, -0.15) is 0 Å². The van der Waals surface area contributed by atoms with E-state index in [0.29, 0.717) is 6.54 Å². The van der Waals surface area contributed by atoms with Crippen molar-refractivity contribution in [3.05, 3.63) is 6.07 Å². The molecule has 0 bridgehead atoms. The van der Waals surface area contributed by atoms with Gasteiger partial charge in [0.1, 0.15) is 11.6 Å². The molecule has 0 aliphatic rings. The average molecular weight is 270 g/mol. The maximum Gasteiger partial charge on any atom is 0.191 e. The minimum absolute atomic E-state index is 0.243. The second kappa shape index (κ2) is 8.16. The highest BCUT2D eigenvalue weighted by Gasteiger charge is 2.04. The number of aliphatic hydroxyl groups is 1. The van der Waals surface area contributed by atoms with Gasteiger partial charge in [0.25, 0.3) is 0 Å². The molecule has 1 aromatic rings. The first-order chi connectivity index (χ1) is 8.69. The number of anilines is 2. The molecule has 0 aromatic carbocycles. The molecule has 0 aliphatic carbocycles. The van der Waals surface area contributed by atoms with E-state index in [1.165, 1.54) is 11.8 Å². The predicted octanol–water partition coefficient (Wildman–Crippen LogP) is 2.20. The van der Waals surface area contributed by atoms with Crippen molar-refractivity contribution in [2.75, 3.05) is 30.0 Å². The number of aromatic nitrogens is 2. The summed E-state index contributed by atoms with van der Waals surface area (Å²) in [5.41, 5.74) is 0. The van der Waals surface area contributed by atoms with Gasteiger partial charge in [-0.1, -0.05) is 18.7 Å². The smallest absolute Gasteiger partial charge is 0.191 e. The summed E-state index contributed by atoms with van der Waals surface area (Å²) in [7, 11) is 0. The van der Waals surface area contributed by atoms with E-state index in [9.17, 15) is 5.11 Å². The Balaban J connectivity index is 2.60. The zero-order valence-corrected chi connectivity index (χ0v) is 12.0. The molecular formula is C12H22N4OS. The highest BCUT2D eigenvalue weighted by atomic mass is 32.2. The van der Waals surface area contributed by atoms with Crippen LogP contribution in [-0.4, -0.2) is 40.5 Å². The van der Waals surface area contributed by atoms with Crippen molar-refractivity contribution in [1.82, 2.24) is 9.97 Å². The Kier molecular flexibility index (Phi) is 6.82. The van der Waals surface area contributed by atoms with Crippen molar-refractivity contribution in [2.45, 2.75) is 37.9 Å². The lowest BCUT2D eigenvalue weighted by molar-refractivity contribution is 0.164. The van der Waals surface area contributed by atoms with Gasteiger partial charge in [-0.15, -0.1) is 0 Å². The fourth-order valence-corrected chi connectivity index (χ4v) is 1.83. The maximum atomic E-state index is 9.49. The first-order valence-electron chi connectivity index (χ1n) is 6.28. The summed E-state index contributed by atoms with van der Waals surface area (Å²) in [4.78, 5) is 8.73. The molecule has 1 heterocycles. The van der Waals surface area contributed by atoms with Gasteiger partial charge in [0, 0.05) is 19.2 Å². The molecule has 1 aromatic heterocycles. The van der Waals surface area contributed by atoms with Crippen LogP contribution >= 0.6 is 11.8 Å². The molecule has 102 valence electrons. The Morgan fingerprint density at radius 1 is 1.28 bits per heavy atom. The third kappa shape index (κ3) is 5.10. The second-order valence-electron chi connectivity index (χ2n) is 3.93. The van der Waals surface area contributed by atoms with E-state index in [-0.39, 0.29) is 6.10 Å². The molecule has 0 radical (unpaired) electrons. The van der Waals surface area contributed by atoms with Crippen LogP contribution in [0.4, 0.5) is 11.6 Å². The van der Waals surface area contributed by atoms with Gasteiger partial charge in [0.15, 0.2) is 5.16 Å². The van der Waals surface area contributed by atoms with E-state index >= 15 is 0 Å². The number of thioether (sulfide) groups is 1. The molecule has 1 rings (SSSR count). The van der Waals surface area contributed by atoms with Gasteiger partial charge in [-0.05, 0) is 26.0 Å². The molecule has 0 spiro atoms. The topological polar surface area (TPSA) is 70.1 Å². The van der Waals surface area contributed by atoms with E-state index in [0.717, 1.165) is 36.2 Å². The van der Waals surface area contributed by atoms with Gasteiger partial charge in [0.05, 0.1) is 6.10 Å². The normalized spacial score (nSPS) is 12.2. The largest absolute Gasteiger partial charge is 0.393 e. The minimum atomic E-state index is -0.243. The summed E-state index contributed by atoms with van der Waals surface area (Å²) >= 11 is 1.52. The first-order valence-corrected chi connectivity index (χ1v) is 7.50. The highest BCUT2D eigenvalue weighted by Crippen LogP contribution is 2.17. The van der Waals surface area contributed by atoms with Crippen molar-refractivity contribution in [3.8, 4) is 0 Å². The molecule has 0 aliphatic heterocycles. The SMILES string of the molecule is CCNc1cc(NCCC(O)CC)nc(SC)n1. The molecule has 6 heteroatoms. The molecule has 1 atom stereocenters. The van der Waals surface area contributed by atoms with Crippen molar-refractivity contribution in [2.24, 2.45) is 0 Å². The lowest BCUT2D eigenvalue weighted by atomic mass is 10.2. The van der Waals surface area contributed by atoms with Crippen molar-refractivity contribution >= 4 is 23.4 Å². The van der Waals surface area contributed by atoms with E-state index in [1.54, 1.807) is 0 Å². The van der Waals surface area contributed by atoms with Crippen LogP contribution in [0.1, 0.15) is 26.7 Å².